The minimum atomic E-state index is -0.393. The number of aliphatic hydroxyl groups is 2. The predicted molar refractivity (Wildman–Crippen MR) is 107 cm³/mol. The quantitative estimate of drug-likeness (QED) is 0.270. The minimum Gasteiger partial charge on any atom is -0.396 e. The van der Waals surface area contributed by atoms with Gasteiger partial charge in [0.05, 0.1) is 65.6 Å². The fourth-order valence-corrected chi connectivity index (χ4v) is 2.70. The highest BCUT2D eigenvalue weighted by atomic mass is 16.5. The van der Waals surface area contributed by atoms with Crippen LogP contribution >= 0.6 is 0 Å². The van der Waals surface area contributed by atoms with Gasteiger partial charge in [0.25, 0.3) is 0 Å². The minimum absolute atomic E-state index is 0.00457. The van der Waals surface area contributed by atoms with E-state index in [9.17, 15) is 15.0 Å². The maximum absolute atomic E-state index is 12.1. The summed E-state index contributed by atoms with van der Waals surface area (Å²) in [6.07, 6.45) is 1.87. The van der Waals surface area contributed by atoms with Gasteiger partial charge in [-0.15, -0.1) is 0 Å². The zero-order valence-corrected chi connectivity index (χ0v) is 18.2. The van der Waals surface area contributed by atoms with Gasteiger partial charge in [-0.1, -0.05) is 20.8 Å². The van der Waals surface area contributed by atoms with Crippen LogP contribution in [0.15, 0.2) is 0 Å². The third-order valence-electron chi connectivity index (χ3n) is 4.71. The van der Waals surface area contributed by atoms with E-state index in [4.69, 9.17) is 9.47 Å². The summed E-state index contributed by atoms with van der Waals surface area (Å²) in [7, 11) is 6.40. The molecule has 7 heteroatoms. The molecule has 1 amide bonds. The van der Waals surface area contributed by atoms with Gasteiger partial charge in [-0.05, 0) is 12.8 Å². The van der Waals surface area contributed by atoms with E-state index >= 15 is 0 Å². The molecule has 4 unspecified atom stereocenters. The van der Waals surface area contributed by atoms with E-state index in [0.717, 1.165) is 30.3 Å². The monoisotopic (exact) mass is 391 g/mol. The molecule has 0 aromatic carbocycles. The molecule has 162 valence electrons. The van der Waals surface area contributed by atoms with Crippen molar-refractivity contribution in [3.63, 3.8) is 0 Å². The number of nitrogens with zero attached hydrogens (tertiary/aromatic N) is 1. The van der Waals surface area contributed by atoms with Crippen LogP contribution in [0.3, 0.4) is 0 Å². The highest BCUT2D eigenvalue weighted by molar-refractivity contribution is 5.78. The van der Waals surface area contributed by atoms with Gasteiger partial charge in [0, 0.05) is 25.5 Å². The van der Waals surface area contributed by atoms with Gasteiger partial charge in [0.2, 0.25) is 5.91 Å². The average molecular weight is 392 g/mol. The Labute approximate surface area is 165 Å². The third kappa shape index (κ3) is 12.4. The number of nitrogens with one attached hydrogen (secondary N) is 1. The Morgan fingerprint density at radius 3 is 2.22 bits per heavy atom. The molecule has 0 aromatic heterocycles. The van der Waals surface area contributed by atoms with Gasteiger partial charge in [0.15, 0.2) is 0 Å². The highest BCUT2D eigenvalue weighted by Gasteiger charge is 2.23. The lowest BCUT2D eigenvalue weighted by Crippen LogP contribution is -2.39. The second kappa shape index (κ2) is 14.3. The number of aliphatic hydroxyl groups excluding tert-OH is 2. The van der Waals surface area contributed by atoms with Crippen LogP contribution in [0.25, 0.3) is 0 Å². The van der Waals surface area contributed by atoms with Gasteiger partial charge in [-0.2, -0.15) is 0 Å². The smallest absolute Gasteiger partial charge is 0.225 e. The zero-order valence-electron chi connectivity index (χ0n) is 18.2. The van der Waals surface area contributed by atoms with E-state index in [-0.39, 0.29) is 37.1 Å². The lowest BCUT2D eigenvalue weighted by Gasteiger charge is -2.28. The molecule has 27 heavy (non-hydrogen) atoms. The van der Waals surface area contributed by atoms with Crippen molar-refractivity contribution in [2.24, 2.45) is 11.8 Å². The first kappa shape index (κ1) is 26.3. The molecule has 0 aliphatic carbocycles. The van der Waals surface area contributed by atoms with Crippen LogP contribution in [0.4, 0.5) is 0 Å². The number of quaternary nitrogens is 1. The molecule has 0 saturated heterocycles. The Morgan fingerprint density at radius 2 is 1.74 bits per heavy atom. The van der Waals surface area contributed by atoms with Crippen LogP contribution in [0, 0.1) is 11.8 Å². The molecule has 0 spiro atoms. The predicted octanol–water partition coefficient (Wildman–Crippen LogP) is 1.03. The summed E-state index contributed by atoms with van der Waals surface area (Å²) in [6, 6.07) is 0. The van der Waals surface area contributed by atoms with Crippen LogP contribution < -0.4 is 5.32 Å². The van der Waals surface area contributed by atoms with Crippen molar-refractivity contribution in [3.05, 3.63) is 0 Å². The maximum atomic E-state index is 12.1. The normalized spacial score (nSPS) is 16.6. The number of amides is 1. The molecule has 0 aliphatic rings. The highest BCUT2D eigenvalue weighted by Crippen LogP contribution is 2.15. The Bertz CT molecular complexity index is 383. The molecule has 7 nitrogen and oxygen atoms in total. The maximum Gasteiger partial charge on any atom is 0.225 e. The largest absolute Gasteiger partial charge is 0.396 e. The topological polar surface area (TPSA) is 88.0 Å². The Hall–Kier alpha value is -0.730. The van der Waals surface area contributed by atoms with Crippen molar-refractivity contribution in [2.45, 2.75) is 52.2 Å². The molecule has 0 heterocycles. The first-order chi connectivity index (χ1) is 12.7. The Balaban J connectivity index is 4.16. The number of ether oxygens (including phenoxy) is 2. The molecule has 0 fully saturated rings. The molecule has 0 aromatic rings. The van der Waals surface area contributed by atoms with Crippen LogP contribution in [0.5, 0.6) is 0 Å². The molecular weight excluding hydrogens is 348 g/mol. The standard InChI is InChI=1S/C20H42N2O5/c1-7-17(12-23)19(13-24)27-18(8-2)15-26-14-16(3)20(25)21-10-9-11-22(4,5)6/h16-19,23-24H,7-15H2,1-6H3/p+1. The molecular formula is C20H43N2O5+. The first-order valence-electron chi connectivity index (χ1n) is 10.2. The fourth-order valence-electron chi connectivity index (χ4n) is 2.70. The molecule has 0 saturated carbocycles. The summed E-state index contributed by atoms with van der Waals surface area (Å²) in [5.74, 6) is -0.300. The zero-order chi connectivity index (χ0) is 20.9. The second-order valence-electron chi connectivity index (χ2n) is 8.34. The van der Waals surface area contributed by atoms with Crippen LogP contribution in [-0.2, 0) is 14.3 Å². The SMILES string of the molecule is CCC(COCC(C)C(=O)NCCC[N+](C)(C)C)OC(CO)C(CC)CO. The molecule has 0 rings (SSSR count). The van der Waals surface area contributed by atoms with Crippen molar-refractivity contribution in [2.75, 3.05) is 60.7 Å². The number of hydrogen-bond donors (Lipinski definition) is 3. The Kier molecular flexibility index (Phi) is 13.9. The van der Waals surface area contributed by atoms with E-state index in [1.54, 1.807) is 0 Å². The number of carbonyl (C=O) groups excluding carboxylic acids is 1. The number of carbonyl (C=O) groups is 1. The molecule has 4 atom stereocenters. The lowest BCUT2D eigenvalue weighted by molar-refractivity contribution is -0.870. The van der Waals surface area contributed by atoms with Gasteiger partial charge in [-0.3, -0.25) is 4.79 Å². The first-order valence-corrected chi connectivity index (χ1v) is 10.2. The summed E-state index contributed by atoms with van der Waals surface area (Å²) >= 11 is 0. The van der Waals surface area contributed by atoms with E-state index in [0.29, 0.717) is 19.8 Å². The number of hydrogen-bond acceptors (Lipinski definition) is 5. The summed E-state index contributed by atoms with van der Waals surface area (Å²) in [6.45, 7) is 8.07. The van der Waals surface area contributed by atoms with Crippen molar-refractivity contribution in [1.82, 2.24) is 5.32 Å². The van der Waals surface area contributed by atoms with Gasteiger partial charge in [-0.25, -0.2) is 0 Å². The van der Waals surface area contributed by atoms with Crippen LogP contribution in [0.1, 0.15) is 40.0 Å². The average Bonchev–Trinajstić information content (AvgIpc) is 2.62. The summed E-state index contributed by atoms with van der Waals surface area (Å²) in [5, 5.41) is 21.9. The Morgan fingerprint density at radius 1 is 1.07 bits per heavy atom. The van der Waals surface area contributed by atoms with E-state index in [2.05, 4.69) is 26.5 Å². The summed E-state index contributed by atoms with van der Waals surface area (Å²) < 4.78 is 12.5. The van der Waals surface area contributed by atoms with Crippen LogP contribution in [-0.4, -0.2) is 93.5 Å². The molecule has 0 radical (unpaired) electrons. The summed E-state index contributed by atoms with van der Waals surface area (Å²) in [4.78, 5) is 12.1. The van der Waals surface area contributed by atoms with Crippen LogP contribution in [0.2, 0.25) is 0 Å². The molecule has 0 bridgehead atoms. The fraction of sp³-hybridized carbons (Fsp3) is 0.950. The van der Waals surface area contributed by atoms with Crippen molar-refractivity contribution < 1.29 is 29.0 Å². The lowest BCUT2D eigenvalue weighted by atomic mass is 10.0. The number of rotatable bonds is 16. The van der Waals surface area contributed by atoms with Gasteiger partial charge >= 0.3 is 0 Å². The van der Waals surface area contributed by atoms with Crippen molar-refractivity contribution in [1.29, 1.82) is 0 Å². The van der Waals surface area contributed by atoms with Crippen molar-refractivity contribution in [3.8, 4) is 0 Å². The molecule has 0 aliphatic heterocycles. The summed E-state index contributed by atoms with van der Waals surface area (Å²) in [5.41, 5.74) is 0. The van der Waals surface area contributed by atoms with Gasteiger partial charge in [0.1, 0.15) is 0 Å². The van der Waals surface area contributed by atoms with E-state index in [1.165, 1.54) is 0 Å². The second-order valence-corrected chi connectivity index (χ2v) is 8.34. The van der Waals surface area contributed by atoms with Crippen molar-refractivity contribution >= 4 is 5.91 Å². The third-order valence-corrected chi connectivity index (χ3v) is 4.71. The molecule has 3 N–H and O–H groups in total. The van der Waals surface area contributed by atoms with E-state index < -0.39 is 6.10 Å². The van der Waals surface area contributed by atoms with E-state index in [1.807, 2.05) is 20.8 Å². The van der Waals surface area contributed by atoms with Gasteiger partial charge < -0.3 is 29.5 Å².